The Morgan fingerprint density at radius 1 is 0.879 bits per heavy atom. The van der Waals surface area contributed by atoms with Gasteiger partial charge in [0.15, 0.2) is 5.65 Å². The van der Waals surface area contributed by atoms with Crippen molar-refractivity contribution in [1.82, 2.24) is 13.5 Å². The third-order valence-corrected chi connectivity index (χ3v) is 7.63. The molecule has 0 spiro atoms. The zero-order valence-electron chi connectivity index (χ0n) is 18.7. The number of ether oxygens (including phenoxy) is 2. The van der Waals surface area contributed by atoms with E-state index in [1.54, 1.807) is 50.7 Å². The van der Waals surface area contributed by atoms with Crippen molar-refractivity contribution in [3.05, 3.63) is 72.4 Å². The summed E-state index contributed by atoms with van der Waals surface area (Å²) in [7, 11) is 1.14. The molecule has 0 aliphatic rings. The molecule has 3 heterocycles. The number of rotatable bonds is 5. The minimum atomic E-state index is -3.95. The standard InChI is InChI=1S/C25H23N3O4S/c1-16-5-8-19(9-6-16)33(29,30)28-23(15-20-24(32-4)11-12-26-25(20)28)22-14-17-13-18(31-3)7-10-21(17)27(22)2/h5-15H,1-4H3. The van der Waals surface area contributed by atoms with Crippen molar-refractivity contribution in [2.75, 3.05) is 14.2 Å². The van der Waals surface area contributed by atoms with Gasteiger partial charge >= 0.3 is 0 Å². The molecule has 168 valence electrons. The lowest BCUT2D eigenvalue weighted by Gasteiger charge is -2.13. The van der Waals surface area contributed by atoms with Crippen LogP contribution < -0.4 is 9.47 Å². The Hall–Kier alpha value is -3.78. The van der Waals surface area contributed by atoms with E-state index in [0.717, 1.165) is 27.9 Å². The fourth-order valence-corrected chi connectivity index (χ4v) is 5.64. The van der Waals surface area contributed by atoms with Gasteiger partial charge in [0.2, 0.25) is 0 Å². The molecule has 0 radical (unpaired) electrons. The first-order chi connectivity index (χ1) is 15.8. The van der Waals surface area contributed by atoms with Gasteiger partial charge in [0.1, 0.15) is 11.5 Å². The summed E-state index contributed by atoms with van der Waals surface area (Å²) in [6, 6.07) is 18.1. The highest BCUT2D eigenvalue weighted by Crippen LogP contribution is 2.37. The third-order valence-electron chi connectivity index (χ3n) is 5.91. The van der Waals surface area contributed by atoms with Crippen molar-refractivity contribution in [3.8, 4) is 22.9 Å². The van der Waals surface area contributed by atoms with Gasteiger partial charge < -0.3 is 14.0 Å². The summed E-state index contributed by atoms with van der Waals surface area (Å²) in [6.45, 7) is 1.92. The largest absolute Gasteiger partial charge is 0.497 e. The first-order valence-corrected chi connectivity index (χ1v) is 11.8. The minimum absolute atomic E-state index is 0.192. The molecule has 0 aliphatic heterocycles. The van der Waals surface area contributed by atoms with Gasteiger partial charge in [0.05, 0.1) is 35.9 Å². The Bertz CT molecular complexity index is 1610. The van der Waals surface area contributed by atoms with Crippen molar-refractivity contribution in [1.29, 1.82) is 0 Å². The lowest BCUT2D eigenvalue weighted by Crippen LogP contribution is -2.15. The van der Waals surface area contributed by atoms with Crippen LogP contribution in [0.4, 0.5) is 0 Å². The smallest absolute Gasteiger partial charge is 0.269 e. The van der Waals surface area contributed by atoms with Gasteiger partial charge in [-0.1, -0.05) is 17.7 Å². The van der Waals surface area contributed by atoms with E-state index in [2.05, 4.69) is 4.98 Å². The first kappa shape index (κ1) is 21.1. The van der Waals surface area contributed by atoms with Crippen LogP contribution in [0.15, 0.2) is 71.8 Å². The second-order valence-electron chi connectivity index (χ2n) is 7.88. The summed E-state index contributed by atoms with van der Waals surface area (Å²) in [5.41, 5.74) is 3.48. The highest BCUT2D eigenvalue weighted by Gasteiger charge is 2.27. The van der Waals surface area contributed by atoms with Crippen LogP contribution in [0.5, 0.6) is 11.5 Å². The van der Waals surface area contributed by atoms with Gasteiger partial charge in [-0.05, 0) is 55.5 Å². The average Bonchev–Trinajstić information content (AvgIpc) is 3.37. The Labute approximate surface area is 191 Å². The SMILES string of the molecule is COc1ccc2c(c1)cc(-c1cc3c(OC)ccnc3n1S(=O)(=O)c1ccc(C)cc1)n2C. The van der Waals surface area contributed by atoms with Gasteiger partial charge in [-0.3, -0.25) is 0 Å². The zero-order valence-corrected chi connectivity index (χ0v) is 19.6. The number of hydrogen-bond donors (Lipinski definition) is 0. The summed E-state index contributed by atoms with van der Waals surface area (Å²) in [4.78, 5) is 4.62. The molecular weight excluding hydrogens is 438 g/mol. The van der Waals surface area contributed by atoms with Gasteiger partial charge in [-0.15, -0.1) is 0 Å². The molecule has 33 heavy (non-hydrogen) atoms. The van der Waals surface area contributed by atoms with Crippen LogP contribution >= 0.6 is 0 Å². The normalized spacial score (nSPS) is 11.9. The maximum atomic E-state index is 13.9. The minimum Gasteiger partial charge on any atom is -0.497 e. The Balaban J connectivity index is 1.86. The van der Waals surface area contributed by atoms with E-state index in [4.69, 9.17) is 9.47 Å². The highest BCUT2D eigenvalue weighted by molar-refractivity contribution is 7.90. The molecule has 3 aromatic heterocycles. The highest BCUT2D eigenvalue weighted by atomic mass is 32.2. The quantitative estimate of drug-likeness (QED) is 0.377. The summed E-state index contributed by atoms with van der Waals surface area (Å²) in [5, 5.41) is 1.56. The van der Waals surface area contributed by atoms with Crippen molar-refractivity contribution in [2.24, 2.45) is 7.05 Å². The first-order valence-electron chi connectivity index (χ1n) is 10.4. The van der Waals surface area contributed by atoms with Gasteiger partial charge in [-0.2, -0.15) is 0 Å². The zero-order chi connectivity index (χ0) is 23.3. The number of aromatic nitrogens is 3. The molecule has 8 heteroatoms. The fraction of sp³-hybridized carbons (Fsp3) is 0.160. The maximum absolute atomic E-state index is 13.9. The van der Waals surface area contributed by atoms with E-state index in [-0.39, 0.29) is 4.90 Å². The number of aryl methyl sites for hydroxylation is 2. The second-order valence-corrected chi connectivity index (χ2v) is 9.66. The topological polar surface area (TPSA) is 75.3 Å². The Morgan fingerprint density at radius 3 is 2.33 bits per heavy atom. The lowest BCUT2D eigenvalue weighted by atomic mass is 10.2. The van der Waals surface area contributed by atoms with Crippen LogP contribution in [0.1, 0.15) is 5.56 Å². The number of pyridine rings is 1. The lowest BCUT2D eigenvalue weighted by molar-refractivity contribution is 0.415. The van der Waals surface area contributed by atoms with Gasteiger partial charge in [0, 0.05) is 24.1 Å². The van der Waals surface area contributed by atoms with E-state index in [1.165, 1.54) is 3.97 Å². The van der Waals surface area contributed by atoms with Crippen LogP contribution in [-0.2, 0) is 17.1 Å². The molecule has 0 bridgehead atoms. The molecule has 0 aliphatic carbocycles. The van der Waals surface area contributed by atoms with E-state index in [9.17, 15) is 8.42 Å². The van der Waals surface area contributed by atoms with E-state index in [0.29, 0.717) is 22.5 Å². The summed E-state index contributed by atoms with van der Waals surface area (Å²) < 4.78 is 41.9. The predicted octanol–water partition coefficient (Wildman–Crippen LogP) is 4.76. The Kier molecular flexibility index (Phi) is 4.90. The van der Waals surface area contributed by atoms with E-state index >= 15 is 0 Å². The molecule has 0 fully saturated rings. The number of hydrogen-bond acceptors (Lipinski definition) is 5. The monoisotopic (exact) mass is 461 g/mol. The molecule has 2 aromatic carbocycles. The number of fused-ring (bicyclic) bond motifs is 2. The molecule has 0 saturated carbocycles. The molecule has 7 nitrogen and oxygen atoms in total. The molecule has 0 atom stereocenters. The Morgan fingerprint density at radius 2 is 1.64 bits per heavy atom. The van der Waals surface area contributed by atoms with Crippen LogP contribution in [0, 0.1) is 6.92 Å². The van der Waals surface area contributed by atoms with Crippen molar-refractivity contribution in [3.63, 3.8) is 0 Å². The molecule has 5 aromatic rings. The van der Waals surface area contributed by atoms with Crippen molar-refractivity contribution < 1.29 is 17.9 Å². The fourth-order valence-electron chi connectivity index (χ4n) is 4.17. The molecular formula is C25H23N3O4S. The molecule has 5 rings (SSSR count). The second kappa shape index (κ2) is 7.67. The molecule has 0 unspecified atom stereocenters. The van der Waals surface area contributed by atoms with E-state index in [1.807, 2.05) is 48.9 Å². The summed E-state index contributed by atoms with van der Waals surface area (Å²) in [5.74, 6) is 1.29. The maximum Gasteiger partial charge on any atom is 0.269 e. The van der Waals surface area contributed by atoms with Gasteiger partial charge in [-0.25, -0.2) is 17.4 Å². The number of benzene rings is 2. The molecule has 0 saturated heterocycles. The molecule has 0 N–H and O–H groups in total. The molecule has 0 amide bonds. The number of nitrogens with zero attached hydrogens (tertiary/aromatic N) is 3. The summed E-state index contributed by atoms with van der Waals surface area (Å²) >= 11 is 0. The van der Waals surface area contributed by atoms with Crippen LogP contribution in [0.3, 0.4) is 0 Å². The van der Waals surface area contributed by atoms with Crippen molar-refractivity contribution in [2.45, 2.75) is 11.8 Å². The van der Waals surface area contributed by atoms with Crippen LogP contribution in [0.2, 0.25) is 0 Å². The van der Waals surface area contributed by atoms with Crippen LogP contribution in [-0.4, -0.2) is 36.2 Å². The third kappa shape index (κ3) is 3.25. The van der Waals surface area contributed by atoms with Crippen molar-refractivity contribution >= 4 is 32.0 Å². The average molecular weight is 462 g/mol. The number of methoxy groups -OCH3 is 2. The van der Waals surface area contributed by atoms with Gasteiger partial charge in [0.25, 0.3) is 10.0 Å². The van der Waals surface area contributed by atoms with E-state index < -0.39 is 10.0 Å². The summed E-state index contributed by atoms with van der Waals surface area (Å²) in [6.07, 6.45) is 1.55. The van der Waals surface area contributed by atoms with Crippen LogP contribution in [0.25, 0.3) is 33.3 Å². The predicted molar refractivity (Wildman–Crippen MR) is 129 cm³/mol.